The van der Waals surface area contributed by atoms with E-state index in [1.807, 2.05) is 0 Å². The monoisotopic (exact) mass is 372 g/mol. The summed E-state index contributed by atoms with van der Waals surface area (Å²) < 4.78 is 18.3. The molecule has 148 valence electrons. The van der Waals surface area contributed by atoms with E-state index in [-0.39, 0.29) is 31.3 Å². The molecule has 1 rings (SSSR count). The Labute approximate surface area is 154 Å². The number of aliphatic hydroxyl groups excluding tert-OH is 1. The van der Waals surface area contributed by atoms with Crippen molar-refractivity contribution in [2.45, 2.75) is 26.9 Å². The van der Waals surface area contributed by atoms with Gasteiger partial charge >= 0.3 is 17.9 Å². The maximum Gasteiger partial charge on any atom is 0.333 e. The molecule has 1 aliphatic heterocycles. The van der Waals surface area contributed by atoms with Gasteiger partial charge in [-0.05, 0) is 20.8 Å². The SMILES string of the molecule is C=C(C)C(=O)OC.C=C(C)C(=O)OCC1CO1.C=C(C)C(=O)OCCO. The standard InChI is InChI=1S/C7H10O3.C6H10O3.C5H8O2/c1-5(2)7(8)10-4-6-3-9-6;1-5(2)6(8)9-4-3-7;1-4(2)5(6)7-3/h6H,1,3-4H2,2H3;7H,1,3-4H2,2H3;1H2,2-3H3. The Hall–Kier alpha value is -2.45. The van der Waals surface area contributed by atoms with Crippen molar-refractivity contribution in [3.63, 3.8) is 0 Å². The molecule has 1 saturated heterocycles. The molecule has 1 heterocycles. The Morgan fingerprint density at radius 1 is 0.962 bits per heavy atom. The van der Waals surface area contributed by atoms with Crippen LogP contribution in [-0.4, -0.2) is 62.7 Å². The lowest BCUT2D eigenvalue weighted by atomic mass is 10.4. The second-order valence-corrected chi connectivity index (χ2v) is 5.25. The molecule has 0 radical (unpaired) electrons. The summed E-state index contributed by atoms with van der Waals surface area (Å²) >= 11 is 0. The first-order valence-electron chi connectivity index (χ1n) is 7.68. The molecule has 0 aromatic carbocycles. The number of hydrogen-bond acceptors (Lipinski definition) is 8. The van der Waals surface area contributed by atoms with Crippen molar-refractivity contribution in [2.24, 2.45) is 0 Å². The number of hydrogen-bond donors (Lipinski definition) is 1. The molecule has 1 N–H and O–H groups in total. The normalized spacial score (nSPS) is 13.5. The summed E-state index contributed by atoms with van der Waals surface area (Å²) in [6.45, 7) is 15.9. The van der Waals surface area contributed by atoms with Gasteiger partial charge in [-0.3, -0.25) is 0 Å². The lowest BCUT2D eigenvalue weighted by molar-refractivity contribution is -0.140. The van der Waals surface area contributed by atoms with E-state index in [0.29, 0.717) is 29.9 Å². The average Bonchev–Trinajstić information content (AvgIpc) is 3.41. The Kier molecular flexibility index (Phi) is 14.7. The third-order valence-corrected chi connectivity index (χ3v) is 2.36. The molecule has 0 amide bonds. The fourth-order valence-electron chi connectivity index (χ4n) is 0.892. The quantitative estimate of drug-likeness (QED) is 0.308. The Bertz CT molecular complexity index is 517. The lowest BCUT2D eigenvalue weighted by Crippen LogP contribution is -2.09. The van der Waals surface area contributed by atoms with Gasteiger partial charge in [0.25, 0.3) is 0 Å². The van der Waals surface area contributed by atoms with Gasteiger partial charge in [-0.2, -0.15) is 0 Å². The van der Waals surface area contributed by atoms with Gasteiger partial charge in [0, 0.05) is 16.7 Å². The number of rotatable bonds is 7. The highest BCUT2D eigenvalue weighted by atomic mass is 16.6. The first kappa shape index (κ1) is 25.8. The number of methoxy groups -OCH3 is 1. The van der Waals surface area contributed by atoms with Gasteiger partial charge in [0.2, 0.25) is 0 Å². The van der Waals surface area contributed by atoms with Crippen LogP contribution in [0.15, 0.2) is 36.5 Å². The molecule has 1 unspecified atom stereocenters. The zero-order valence-corrected chi connectivity index (χ0v) is 15.8. The molecule has 0 aromatic heterocycles. The number of epoxide rings is 1. The predicted molar refractivity (Wildman–Crippen MR) is 95.2 cm³/mol. The third-order valence-electron chi connectivity index (χ3n) is 2.36. The van der Waals surface area contributed by atoms with Crippen molar-refractivity contribution < 1.29 is 38.4 Å². The highest BCUT2D eigenvalue weighted by Crippen LogP contribution is 2.09. The van der Waals surface area contributed by atoms with Crippen molar-refractivity contribution in [2.75, 3.05) is 33.5 Å². The van der Waals surface area contributed by atoms with Gasteiger partial charge in [-0.25, -0.2) is 14.4 Å². The first-order chi connectivity index (χ1) is 12.1. The third kappa shape index (κ3) is 16.4. The highest BCUT2D eigenvalue weighted by molar-refractivity contribution is 5.87. The molecule has 1 atom stereocenters. The van der Waals surface area contributed by atoms with Crippen molar-refractivity contribution in [3.05, 3.63) is 36.5 Å². The average molecular weight is 372 g/mol. The smallest absolute Gasteiger partial charge is 0.333 e. The predicted octanol–water partition coefficient (Wildman–Crippen LogP) is 1.34. The first-order valence-corrected chi connectivity index (χ1v) is 7.68. The van der Waals surface area contributed by atoms with Crippen molar-refractivity contribution in [1.82, 2.24) is 0 Å². The van der Waals surface area contributed by atoms with E-state index in [1.54, 1.807) is 20.8 Å². The largest absolute Gasteiger partial charge is 0.466 e. The van der Waals surface area contributed by atoms with Crippen LogP contribution < -0.4 is 0 Å². The Morgan fingerprint density at radius 2 is 1.38 bits per heavy atom. The van der Waals surface area contributed by atoms with E-state index < -0.39 is 5.97 Å². The van der Waals surface area contributed by atoms with E-state index in [0.717, 1.165) is 0 Å². The van der Waals surface area contributed by atoms with Gasteiger partial charge in [-0.15, -0.1) is 0 Å². The maximum absolute atomic E-state index is 10.7. The topological polar surface area (TPSA) is 112 Å². The lowest BCUT2D eigenvalue weighted by Gasteiger charge is -1.99. The van der Waals surface area contributed by atoms with Crippen LogP contribution in [0.2, 0.25) is 0 Å². The van der Waals surface area contributed by atoms with E-state index in [9.17, 15) is 14.4 Å². The minimum atomic E-state index is -0.455. The van der Waals surface area contributed by atoms with E-state index in [2.05, 4.69) is 29.2 Å². The second-order valence-electron chi connectivity index (χ2n) is 5.25. The zero-order valence-electron chi connectivity index (χ0n) is 15.8. The summed E-state index contributed by atoms with van der Waals surface area (Å²) in [6, 6.07) is 0. The van der Waals surface area contributed by atoms with Crippen LogP contribution >= 0.6 is 0 Å². The van der Waals surface area contributed by atoms with Crippen LogP contribution in [-0.2, 0) is 33.3 Å². The molecule has 0 saturated carbocycles. The molecule has 0 aromatic rings. The fraction of sp³-hybridized carbons (Fsp3) is 0.500. The molecule has 0 spiro atoms. The molecule has 8 heteroatoms. The number of ether oxygens (including phenoxy) is 4. The summed E-state index contributed by atoms with van der Waals surface area (Å²) in [4.78, 5) is 31.4. The van der Waals surface area contributed by atoms with Gasteiger partial charge in [-0.1, -0.05) is 19.7 Å². The van der Waals surface area contributed by atoms with E-state index in [4.69, 9.17) is 14.6 Å². The molecule has 1 aliphatic rings. The summed E-state index contributed by atoms with van der Waals surface area (Å²) in [7, 11) is 1.33. The number of carbonyl (C=O) groups is 3. The molecular weight excluding hydrogens is 344 g/mol. The molecule has 0 bridgehead atoms. The van der Waals surface area contributed by atoms with Gasteiger partial charge in [0.1, 0.15) is 19.3 Å². The van der Waals surface area contributed by atoms with Crippen molar-refractivity contribution in [1.29, 1.82) is 0 Å². The van der Waals surface area contributed by atoms with Crippen LogP contribution in [0.3, 0.4) is 0 Å². The van der Waals surface area contributed by atoms with Crippen LogP contribution in [0, 0.1) is 0 Å². The van der Waals surface area contributed by atoms with E-state index >= 15 is 0 Å². The van der Waals surface area contributed by atoms with Crippen LogP contribution in [0.1, 0.15) is 20.8 Å². The minimum Gasteiger partial charge on any atom is -0.466 e. The van der Waals surface area contributed by atoms with Gasteiger partial charge < -0.3 is 24.1 Å². The summed E-state index contributed by atoms with van der Waals surface area (Å²) in [5.41, 5.74) is 1.21. The van der Waals surface area contributed by atoms with Crippen LogP contribution in [0.5, 0.6) is 0 Å². The van der Waals surface area contributed by atoms with Crippen molar-refractivity contribution >= 4 is 17.9 Å². The Morgan fingerprint density at radius 3 is 1.65 bits per heavy atom. The highest BCUT2D eigenvalue weighted by Gasteiger charge is 2.24. The molecule has 8 nitrogen and oxygen atoms in total. The second kappa shape index (κ2) is 14.9. The number of esters is 3. The van der Waals surface area contributed by atoms with Gasteiger partial charge in [0.05, 0.1) is 20.3 Å². The van der Waals surface area contributed by atoms with E-state index in [1.165, 1.54) is 7.11 Å². The van der Waals surface area contributed by atoms with Crippen molar-refractivity contribution in [3.8, 4) is 0 Å². The number of aliphatic hydroxyl groups is 1. The summed E-state index contributed by atoms with van der Waals surface area (Å²) in [5.74, 6) is -1.14. The van der Waals surface area contributed by atoms with Crippen LogP contribution in [0.4, 0.5) is 0 Å². The molecule has 26 heavy (non-hydrogen) atoms. The summed E-state index contributed by atoms with van der Waals surface area (Å²) in [5, 5.41) is 8.19. The zero-order chi connectivity index (χ0) is 20.7. The molecule has 0 aliphatic carbocycles. The van der Waals surface area contributed by atoms with Crippen LogP contribution in [0.25, 0.3) is 0 Å². The van der Waals surface area contributed by atoms with Gasteiger partial charge in [0.15, 0.2) is 0 Å². The fourth-order valence-corrected chi connectivity index (χ4v) is 0.892. The Balaban J connectivity index is 0. The summed E-state index contributed by atoms with van der Waals surface area (Å²) in [6.07, 6.45) is 0.142. The molecular formula is C18H28O8. The maximum atomic E-state index is 10.7. The minimum absolute atomic E-state index is 0.0473. The molecule has 1 fully saturated rings. The number of carbonyl (C=O) groups excluding carboxylic acids is 3.